The molecule has 0 unspecified atom stereocenters. The molecule has 1 heterocycles. The van der Waals surface area contributed by atoms with Gasteiger partial charge < -0.3 is 5.32 Å². The van der Waals surface area contributed by atoms with Gasteiger partial charge in [-0.05, 0) is 36.3 Å². The molecule has 1 aromatic heterocycles. The van der Waals surface area contributed by atoms with Crippen LogP contribution in [-0.2, 0) is 6.42 Å². The molecule has 16 heavy (non-hydrogen) atoms. The molecule has 0 fully saturated rings. The minimum Gasteiger partial charge on any atom is -0.351 e. The minimum absolute atomic E-state index is 0.0886. The van der Waals surface area contributed by atoms with Crippen molar-refractivity contribution in [3.63, 3.8) is 0 Å². The van der Waals surface area contributed by atoms with Gasteiger partial charge in [0.1, 0.15) is 0 Å². The molecule has 0 aliphatic rings. The van der Waals surface area contributed by atoms with Crippen molar-refractivity contribution in [2.45, 2.75) is 32.6 Å². The number of carbonyl (C=O) groups excluding carboxylic acids is 1. The van der Waals surface area contributed by atoms with Crippen molar-refractivity contribution < 1.29 is 4.79 Å². The quantitative estimate of drug-likeness (QED) is 0.605. The third kappa shape index (κ3) is 4.26. The zero-order valence-corrected chi connectivity index (χ0v) is 12.0. The van der Waals surface area contributed by atoms with E-state index < -0.39 is 0 Å². The highest BCUT2D eigenvalue weighted by Gasteiger charge is 2.10. The zero-order chi connectivity index (χ0) is 11.8. The molecule has 1 N–H and O–H groups in total. The van der Waals surface area contributed by atoms with Gasteiger partial charge in [0.15, 0.2) is 0 Å². The average Bonchev–Trinajstić information content (AvgIpc) is 2.76. The van der Waals surface area contributed by atoms with E-state index in [2.05, 4.69) is 28.2 Å². The lowest BCUT2D eigenvalue weighted by Gasteiger charge is -2.04. The van der Waals surface area contributed by atoms with Crippen LogP contribution in [0.1, 0.15) is 41.4 Å². The summed E-state index contributed by atoms with van der Waals surface area (Å²) >= 11 is 4.93. The van der Waals surface area contributed by atoms with Crippen molar-refractivity contribution in [3.8, 4) is 0 Å². The van der Waals surface area contributed by atoms with E-state index >= 15 is 0 Å². The molecule has 4 heteroatoms. The van der Waals surface area contributed by atoms with Gasteiger partial charge in [0.05, 0.1) is 4.88 Å². The molecule has 0 saturated heterocycles. The Morgan fingerprint density at radius 3 is 2.94 bits per heavy atom. The van der Waals surface area contributed by atoms with Crippen molar-refractivity contribution in [1.82, 2.24) is 5.32 Å². The van der Waals surface area contributed by atoms with Crippen LogP contribution in [0.25, 0.3) is 0 Å². The van der Waals surface area contributed by atoms with Gasteiger partial charge in [-0.25, -0.2) is 0 Å². The first-order valence-electron chi connectivity index (χ1n) is 5.70. The number of rotatable bonds is 7. The molecule has 1 rings (SSSR count). The normalized spacial score (nSPS) is 10.4. The number of alkyl halides is 1. The van der Waals surface area contributed by atoms with Crippen LogP contribution in [-0.4, -0.2) is 17.8 Å². The fourth-order valence-electron chi connectivity index (χ4n) is 1.49. The summed E-state index contributed by atoms with van der Waals surface area (Å²) in [6, 6.07) is 2.03. The van der Waals surface area contributed by atoms with Gasteiger partial charge in [0, 0.05) is 11.9 Å². The maximum Gasteiger partial charge on any atom is 0.261 e. The molecule has 0 saturated carbocycles. The van der Waals surface area contributed by atoms with Crippen molar-refractivity contribution in [2.24, 2.45) is 0 Å². The lowest BCUT2D eigenvalue weighted by atomic mass is 10.2. The Balaban J connectivity index is 2.30. The molecule has 1 amide bonds. The SMILES string of the molecule is CCc1ccsc1C(=O)NCCCCCBr. The number of halogens is 1. The summed E-state index contributed by atoms with van der Waals surface area (Å²) in [5, 5.41) is 6.01. The first-order valence-corrected chi connectivity index (χ1v) is 7.70. The maximum atomic E-state index is 11.8. The Morgan fingerprint density at radius 2 is 2.25 bits per heavy atom. The lowest BCUT2D eigenvalue weighted by molar-refractivity contribution is 0.0956. The van der Waals surface area contributed by atoms with Gasteiger partial charge >= 0.3 is 0 Å². The maximum absolute atomic E-state index is 11.8. The standard InChI is InChI=1S/C12H18BrNOS/c1-2-10-6-9-16-11(10)12(15)14-8-5-3-4-7-13/h6,9H,2-5,7-8H2,1H3,(H,14,15). The summed E-state index contributed by atoms with van der Waals surface area (Å²) in [6.07, 6.45) is 4.33. The van der Waals surface area contributed by atoms with Gasteiger partial charge in [-0.15, -0.1) is 11.3 Å². The fraction of sp³-hybridized carbons (Fsp3) is 0.583. The topological polar surface area (TPSA) is 29.1 Å². The first-order chi connectivity index (χ1) is 7.79. The summed E-state index contributed by atoms with van der Waals surface area (Å²) in [7, 11) is 0. The van der Waals surface area contributed by atoms with Crippen LogP contribution in [0.15, 0.2) is 11.4 Å². The molecule has 0 bridgehead atoms. The Bertz CT molecular complexity index is 325. The van der Waals surface area contributed by atoms with E-state index in [9.17, 15) is 4.79 Å². The van der Waals surface area contributed by atoms with E-state index in [1.54, 1.807) is 0 Å². The molecule has 0 aliphatic carbocycles. The smallest absolute Gasteiger partial charge is 0.261 e. The molecule has 0 spiro atoms. The number of thiophene rings is 1. The second-order valence-corrected chi connectivity index (χ2v) is 5.34. The molecule has 0 aliphatic heterocycles. The highest BCUT2D eigenvalue weighted by atomic mass is 79.9. The second kappa shape index (κ2) is 7.85. The lowest BCUT2D eigenvalue weighted by Crippen LogP contribution is -2.24. The number of aryl methyl sites for hydroxylation is 1. The van der Waals surface area contributed by atoms with E-state index in [4.69, 9.17) is 0 Å². The Labute approximate surface area is 110 Å². The third-order valence-corrected chi connectivity index (χ3v) is 3.95. The van der Waals surface area contributed by atoms with Crippen LogP contribution < -0.4 is 5.32 Å². The summed E-state index contributed by atoms with van der Waals surface area (Å²) in [6.45, 7) is 2.86. The molecular formula is C12H18BrNOS. The minimum atomic E-state index is 0.0886. The molecule has 1 aromatic rings. The van der Waals surface area contributed by atoms with Crippen LogP contribution in [0.2, 0.25) is 0 Å². The fourth-order valence-corrected chi connectivity index (χ4v) is 2.80. The van der Waals surface area contributed by atoms with Crippen molar-refractivity contribution in [3.05, 3.63) is 21.9 Å². The molecule has 0 radical (unpaired) electrons. The summed E-state index contributed by atoms with van der Waals surface area (Å²) in [4.78, 5) is 12.7. The van der Waals surface area contributed by atoms with E-state index in [1.807, 2.05) is 11.4 Å². The zero-order valence-electron chi connectivity index (χ0n) is 9.59. The van der Waals surface area contributed by atoms with Crippen LogP contribution in [0, 0.1) is 0 Å². The molecule has 2 nitrogen and oxygen atoms in total. The van der Waals surface area contributed by atoms with Gasteiger partial charge in [0.25, 0.3) is 5.91 Å². The number of hydrogen-bond donors (Lipinski definition) is 1. The van der Waals surface area contributed by atoms with Crippen LogP contribution in [0.5, 0.6) is 0 Å². The van der Waals surface area contributed by atoms with Crippen molar-refractivity contribution in [2.75, 3.05) is 11.9 Å². The van der Waals surface area contributed by atoms with Gasteiger partial charge in [-0.2, -0.15) is 0 Å². The number of unbranched alkanes of at least 4 members (excludes halogenated alkanes) is 2. The van der Waals surface area contributed by atoms with Gasteiger partial charge in [0.2, 0.25) is 0 Å². The van der Waals surface area contributed by atoms with Crippen LogP contribution >= 0.6 is 27.3 Å². The molecule has 0 aromatic carbocycles. The highest BCUT2D eigenvalue weighted by Crippen LogP contribution is 2.16. The van der Waals surface area contributed by atoms with E-state index in [0.717, 1.165) is 41.6 Å². The number of amides is 1. The van der Waals surface area contributed by atoms with E-state index in [1.165, 1.54) is 17.8 Å². The van der Waals surface area contributed by atoms with Crippen LogP contribution in [0.3, 0.4) is 0 Å². The van der Waals surface area contributed by atoms with Crippen LogP contribution in [0.4, 0.5) is 0 Å². The monoisotopic (exact) mass is 303 g/mol. The molecule has 90 valence electrons. The van der Waals surface area contributed by atoms with E-state index in [0.29, 0.717) is 0 Å². The Kier molecular flexibility index (Phi) is 6.73. The average molecular weight is 304 g/mol. The second-order valence-electron chi connectivity index (χ2n) is 3.63. The number of carbonyl (C=O) groups is 1. The molecular weight excluding hydrogens is 286 g/mol. The highest BCUT2D eigenvalue weighted by molar-refractivity contribution is 9.09. The predicted octanol–water partition coefficient (Wildman–Crippen LogP) is 3.61. The Morgan fingerprint density at radius 1 is 1.44 bits per heavy atom. The van der Waals surface area contributed by atoms with Gasteiger partial charge in [-0.3, -0.25) is 4.79 Å². The third-order valence-electron chi connectivity index (χ3n) is 2.43. The summed E-state index contributed by atoms with van der Waals surface area (Å²) in [5.74, 6) is 0.0886. The first kappa shape index (κ1) is 13.7. The largest absolute Gasteiger partial charge is 0.351 e. The van der Waals surface area contributed by atoms with Crippen molar-refractivity contribution in [1.29, 1.82) is 0 Å². The number of hydrogen-bond acceptors (Lipinski definition) is 2. The summed E-state index contributed by atoms with van der Waals surface area (Å²) in [5.41, 5.74) is 1.16. The molecule has 0 atom stereocenters. The Hall–Kier alpha value is -0.350. The van der Waals surface area contributed by atoms with Gasteiger partial charge in [-0.1, -0.05) is 29.3 Å². The summed E-state index contributed by atoms with van der Waals surface area (Å²) < 4.78 is 0. The predicted molar refractivity (Wildman–Crippen MR) is 73.7 cm³/mol. The van der Waals surface area contributed by atoms with E-state index in [-0.39, 0.29) is 5.91 Å². The number of nitrogens with one attached hydrogen (secondary N) is 1. The van der Waals surface area contributed by atoms with Crippen molar-refractivity contribution >= 4 is 33.2 Å².